The van der Waals surface area contributed by atoms with Gasteiger partial charge in [-0.3, -0.25) is 14.3 Å². The number of hydrogen-bond donors (Lipinski definition) is 1. The summed E-state index contributed by atoms with van der Waals surface area (Å²) in [6.07, 6.45) is 4.41. The van der Waals surface area contributed by atoms with Gasteiger partial charge in [0.25, 0.3) is 0 Å². The number of benzene rings is 1. The van der Waals surface area contributed by atoms with Crippen LogP contribution >= 0.6 is 11.8 Å². The smallest absolute Gasteiger partial charge is 0.325 e. The zero-order chi connectivity index (χ0) is 22.6. The van der Waals surface area contributed by atoms with Crippen LogP contribution in [0, 0.1) is 0 Å². The number of amides is 1. The normalized spacial score (nSPS) is 15.0. The Bertz CT molecular complexity index is 1060. The van der Waals surface area contributed by atoms with E-state index in [1.54, 1.807) is 12.4 Å². The average molecular weight is 462 g/mol. The molecule has 0 aliphatic heterocycles. The van der Waals surface area contributed by atoms with Crippen LogP contribution in [0.4, 0.5) is 18.9 Å². The maximum atomic E-state index is 12.9. The van der Waals surface area contributed by atoms with Gasteiger partial charge >= 0.3 is 6.18 Å². The number of carbonyl (C=O) groups excluding carboxylic acids is 1. The van der Waals surface area contributed by atoms with Crippen molar-refractivity contribution in [2.75, 3.05) is 11.1 Å². The third kappa shape index (κ3) is 5.29. The van der Waals surface area contributed by atoms with Crippen molar-refractivity contribution < 1.29 is 18.0 Å². The van der Waals surface area contributed by atoms with E-state index in [1.807, 2.05) is 12.1 Å². The largest absolute Gasteiger partial charge is 0.416 e. The van der Waals surface area contributed by atoms with Crippen molar-refractivity contribution in [1.29, 1.82) is 0 Å². The number of halogens is 3. The Hall–Kier alpha value is -2.88. The van der Waals surface area contributed by atoms with Gasteiger partial charge < -0.3 is 5.32 Å². The summed E-state index contributed by atoms with van der Waals surface area (Å²) in [6.45, 7) is 0. The van der Waals surface area contributed by atoms with Crippen molar-refractivity contribution in [2.24, 2.45) is 0 Å². The van der Waals surface area contributed by atoms with E-state index in [0.29, 0.717) is 5.16 Å². The van der Waals surface area contributed by atoms with Gasteiger partial charge in [-0.05, 0) is 43.2 Å². The molecular weight excluding hydrogens is 439 g/mol. The number of aromatic nitrogens is 4. The zero-order valence-corrected chi connectivity index (χ0v) is 18.0. The topological polar surface area (TPSA) is 72.7 Å². The summed E-state index contributed by atoms with van der Waals surface area (Å²) in [7, 11) is 0. The fraction of sp³-hybridized carbons (Fsp3) is 0.364. The molecule has 0 unspecified atom stereocenters. The molecule has 32 heavy (non-hydrogen) atoms. The van der Waals surface area contributed by atoms with E-state index in [9.17, 15) is 18.0 Å². The van der Waals surface area contributed by atoms with Gasteiger partial charge in [0.1, 0.15) is 0 Å². The Labute approximate surface area is 187 Å². The van der Waals surface area contributed by atoms with Crippen LogP contribution in [-0.2, 0) is 11.0 Å². The van der Waals surface area contributed by atoms with Crippen molar-refractivity contribution in [3.8, 4) is 11.4 Å². The molecule has 0 atom stereocenters. The summed E-state index contributed by atoms with van der Waals surface area (Å²) < 4.78 is 40.8. The molecule has 2 aromatic heterocycles. The van der Waals surface area contributed by atoms with Crippen molar-refractivity contribution in [3.05, 3.63) is 54.4 Å². The highest BCUT2D eigenvalue weighted by Gasteiger charge is 2.30. The minimum atomic E-state index is -4.46. The van der Waals surface area contributed by atoms with Gasteiger partial charge in [0, 0.05) is 29.7 Å². The van der Waals surface area contributed by atoms with E-state index in [0.717, 1.165) is 49.2 Å². The lowest BCUT2D eigenvalue weighted by Crippen LogP contribution is -2.17. The molecule has 0 spiro atoms. The SMILES string of the molecule is O=C(CSc1nnc(-c2ccncc2)n1C1CCCCC1)Nc1cccc(C(F)(F)F)c1. The molecule has 1 aromatic carbocycles. The standard InChI is InChI=1S/C22H22F3N5OS/c23-22(24,25)16-5-4-6-17(13-16)27-19(31)14-32-21-29-28-20(15-9-11-26-12-10-15)30(21)18-7-2-1-3-8-18/h4-6,9-13,18H,1-3,7-8,14H2,(H,27,31). The van der Waals surface area contributed by atoms with Crippen molar-refractivity contribution in [3.63, 3.8) is 0 Å². The maximum absolute atomic E-state index is 12.9. The van der Waals surface area contributed by atoms with Crippen LogP contribution in [0.3, 0.4) is 0 Å². The molecule has 3 aromatic rings. The van der Waals surface area contributed by atoms with E-state index in [-0.39, 0.29) is 17.5 Å². The summed E-state index contributed by atoms with van der Waals surface area (Å²) in [4.78, 5) is 16.5. The number of nitrogens with zero attached hydrogens (tertiary/aromatic N) is 4. The number of anilines is 1. The predicted octanol–water partition coefficient (Wildman–Crippen LogP) is 5.59. The molecule has 2 heterocycles. The molecule has 1 fully saturated rings. The second kappa shape index (κ2) is 9.72. The zero-order valence-electron chi connectivity index (χ0n) is 17.2. The third-order valence-electron chi connectivity index (χ3n) is 5.35. The summed E-state index contributed by atoms with van der Waals surface area (Å²) in [5.41, 5.74) is 0.206. The molecular formula is C22H22F3N5OS. The fourth-order valence-corrected chi connectivity index (χ4v) is 4.65. The highest BCUT2D eigenvalue weighted by Crippen LogP contribution is 2.35. The minimum absolute atomic E-state index is 0.0114. The van der Waals surface area contributed by atoms with E-state index < -0.39 is 17.6 Å². The number of alkyl halides is 3. The predicted molar refractivity (Wildman–Crippen MR) is 116 cm³/mol. The second-order valence-electron chi connectivity index (χ2n) is 7.62. The first-order chi connectivity index (χ1) is 15.4. The number of rotatable bonds is 6. The molecule has 168 valence electrons. The van der Waals surface area contributed by atoms with Crippen molar-refractivity contribution in [2.45, 2.75) is 49.5 Å². The van der Waals surface area contributed by atoms with Gasteiger partial charge in [0.05, 0.1) is 11.3 Å². The van der Waals surface area contributed by atoms with Crippen molar-refractivity contribution >= 4 is 23.4 Å². The Morgan fingerprint density at radius 1 is 1.09 bits per heavy atom. The molecule has 1 aliphatic rings. The highest BCUT2D eigenvalue weighted by atomic mass is 32.2. The fourth-order valence-electron chi connectivity index (χ4n) is 3.84. The first kappa shape index (κ1) is 22.3. The second-order valence-corrected chi connectivity index (χ2v) is 8.56. The van der Waals surface area contributed by atoms with Crippen LogP contribution in [0.2, 0.25) is 0 Å². The number of nitrogens with one attached hydrogen (secondary N) is 1. The van der Waals surface area contributed by atoms with Crippen LogP contribution in [-0.4, -0.2) is 31.4 Å². The first-order valence-electron chi connectivity index (χ1n) is 10.4. The van der Waals surface area contributed by atoms with Crippen LogP contribution in [0.25, 0.3) is 11.4 Å². The molecule has 10 heteroatoms. The van der Waals surface area contributed by atoms with E-state index in [2.05, 4.69) is 25.1 Å². The van der Waals surface area contributed by atoms with Crippen LogP contribution in [0.15, 0.2) is 53.9 Å². The van der Waals surface area contributed by atoms with Crippen molar-refractivity contribution in [1.82, 2.24) is 19.7 Å². The van der Waals surface area contributed by atoms with E-state index >= 15 is 0 Å². The number of thioether (sulfide) groups is 1. The van der Waals surface area contributed by atoms with Crippen LogP contribution in [0.5, 0.6) is 0 Å². The molecule has 0 radical (unpaired) electrons. The molecule has 1 N–H and O–H groups in total. The quantitative estimate of drug-likeness (QED) is 0.484. The molecule has 1 saturated carbocycles. The van der Waals surface area contributed by atoms with Crippen LogP contribution in [0.1, 0.15) is 43.7 Å². The molecule has 6 nitrogen and oxygen atoms in total. The summed E-state index contributed by atoms with van der Waals surface area (Å²) in [6, 6.07) is 8.59. The van der Waals surface area contributed by atoms with Gasteiger partial charge in [-0.2, -0.15) is 13.2 Å². The van der Waals surface area contributed by atoms with Gasteiger partial charge in [0.2, 0.25) is 5.91 Å². The molecule has 0 saturated heterocycles. The van der Waals surface area contributed by atoms with Gasteiger partial charge in [-0.15, -0.1) is 10.2 Å². The highest BCUT2D eigenvalue weighted by molar-refractivity contribution is 7.99. The lowest BCUT2D eigenvalue weighted by Gasteiger charge is -2.25. The average Bonchev–Trinajstić information content (AvgIpc) is 3.22. The molecule has 4 rings (SSSR count). The lowest BCUT2D eigenvalue weighted by atomic mass is 9.95. The Morgan fingerprint density at radius 3 is 2.56 bits per heavy atom. The first-order valence-corrected chi connectivity index (χ1v) is 11.4. The summed E-state index contributed by atoms with van der Waals surface area (Å²) in [5, 5.41) is 11.9. The number of hydrogen-bond acceptors (Lipinski definition) is 5. The third-order valence-corrected chi connectivity index (χ3v) is 6.29. The van der Waals surface area contributed by atoms with Gasteiger partial charge in [0.15, 0.2) is 11.0 Å². The van der Waals surface area contributed by atoms with Crippen LogP contribution < -0.4 is 5.32 Å². The minimum Gasteiger partial charge on any atom is -0.325 e. The lowest BCUT2D eigenvalue weighted by molar-refractivity contribution is -0.137. The Balaban J connectivity index is 1.49. The summed E-state index contributed by atoms with van der Waals surface area (Å²) >= 11 is 1.23. The number of carbonyl (C=O) groups is 1. The maximum Gasteiger partial charge on any atom is 0.416 e. The molecule has 0 bridgehead atoms. The van der Waals surface area contributed by atoms with Gasteiger partial charge in [-0.1, -0.05) is 37.1 Å². The summed E-state index contributed by atoms with van der Waals surface area (Å²) in [5.74, 6) is 0.343. The molecule has 1 aliphatic carbocycles. The van der Waals surface area contributed by atoms with Gasteiger partial charge in [-0.25, -0.2) is 0 Å². The van der Waals surface area contributed by atoms with E-state index in [1.165, 1.54) is 30.3 Å². The Morgan fingerprint density at radius 2 is 1.84 bits per heavy atom. The Kier molecular flexibility index (Phi) is 6.78. The number of pyridine rings is 1. The monoisotopic (exact) mass is 461 g/mol. The molecule has 1 amide bonds. The van der Waals surface area contributed by atoms with E-state index in [4.69, 9.17) is 0 Å².